The number of carbonyl (C=O) groups excluding carboxylic acids is 1. The Kier molecular flexibility index (Phi) is 3.76. The van der Waals surface area contributed by atoms with Gasteiger partial charge in [-0.05, 0) is 23.6 Å². The molecule has 2 N–H and O–H groups in total. The van der Waals surface area contributed by atoms with Crippen LogP contribution in [0.5, 0.6) is 5.75 Å². The minimum absolute atomic E-state index is 0.133. The molecule has 104 valence electrons. The summed E-state index contributed by atoms with van der Waals surface area (Å²) in [5.41, 5.74) is 8.18. The van der Waals surface area contributed by atoms with Gasteiger partial charge in [0.05, 0.1) is 5.69 Å². The first-order chi connectivity index (χ1) is 9.54. The minimum Gasteiger partial charge on any atom is -0.505 e. The second kappa shape index (κ2) is 5.50. The fourth-order valence-corrected chi connectivity index (χ4v) is 2.21. The third-order valence-corrected chi connectivity index (χ3v) is 3.14. The van der Waals surface area contributed by atoms with E-state index in [9.17, 15) is 14.7 Å². The number of aromatic hydroxyl groups is 1. The number of rotatable bonds is 4. The second-order valence-corrected chi connectivity index (χ2v) is 4.47. The number of amides is 1. The van der Waals surface area contributed by atoms with Crippen LogP contribution in [0.25, 0.3) is 10.4 Å². The van der Waals surface area contributed by atoms with Crippen molar-refractivity contribution in [3.8, 4) is 5.75 Å². The van der Waals surface area contributed by atoms with Gasteiger partial charge >= 0.3 is 5.97 Å². The SMILES string of the molecule is [N-]=[N+]=NCC1CC(=O)N(c2cccc(C(=O)O)c2O)C1. The average Bonchev–Trinajstić information content (AvgIpc) is 2.77. The quantitative estimate of drug-likeness (QED) is 0.493. The highest BCUT2D eigenvalue weighted by molar-refractivity contribution is 6.00. The molecule has 1 heterocycles. The van der Waals surface area contributed by atoms with Crippen LogP contribution in [-0.2, 0) is 4.79 Å². The number of hydrogen-bond donors (Lipinski definition) is 2. The van der Waals surface area contributed by atoms with Crippen LogP contribution < -0.4 is 4.90 Å². The number of benzene rings is 1. The Labute approximate surface area is 113 Å². The first-order valence-electron chi connectivity index (χ1n) is 5.91. The highest BCUT2D eigenvalue weighted by Gasteiger charge is 2.32. The number of phenols is 1. The largest absolute Gasteiger partial charge is 0.505 e. The molecule has 0 bridgehead atoms. The summed E-state index contributed by atoms with van der Waals surface area (Å²) in [5, 5.41) is 22.3. The zero-order chi connectivity index (χ0) is 14.7. The Bertz CT molecular complexity index is 609. The molecule has 8 heteroatoms. The third-order valence-electron chi connectivity index (χ3n) is 3.14. The van der Waals surface area contributed by atoms with Gasteiger partial charge in [-0.3, -0.25) is 4.79 Å². The van der Waals surface area contributed by atoms with E-state index in [1.165, 1.54) is 23.1 Å². The lowest BCUT2D eigenvalue weighted by molar-refractivity contribution is -0.117. The van der Waals surface area contributed by atoms with Crippen molar-refractivity contribution < 1.29 is 19.8 Å². The lowest BCUT2D eigenvalue weighted by Gasteiger charge is -2.18. The maximum atomic E-state index is 11.9. The van der Waals surface area contributed by atoms with Gasteiger partial charge in [0.25, 0.3) is 0 Å². The van der Waals surface area contributed by atoms with E-state index >= 15 is 0 Å². The molecule has 1 saturated heterocycles. The summed E-state index contributed by atoms with van der Waals surface area (Å²) in [6, 6.07) is 4.21. The average molecular weight is 276 g/mol. The van der Waals surface area contributed by atoms with Crippen molar-refractivity contribution in [1.29, 1.82) is 0 Å². The van der Waals surface area contributed by atoms with Crippen molar-refractivity contribution in [3.63, 3.8) is 0 Å². The number of para-hydroxylation sites is 1. The number of nitrogens with zero attached hydrogens (tertiary/aromatic N) is 4. The summed E-state index contributed by atoms with van der Waals surface area (Å²) in [6.45, 7) is 0.479. The molecule has 0 aromatic heterocycles. The molecule has 0 aliphatic carbocycles. The van der Waals surface area contributed by atoms with E-state index in [2.05, 4.69) is 10.0 Å². The number of anilines is 1. The van der Waals surface area contributed by atoms with E-state index in [0.29, 0.717) is 0 Å². The predicted octanol–water partition coefficient (Wildman–Crippen LogP) is 1.75. The first-order valence-corrected chi connectivity index (χ1v) is 5.91. The Morgan fingerprint density at radius 1 is 1.55 bits per heavy atom. The monoisotopic (exact) mass is 276 g/mol. The van der Waals surface area contributed by atoms with Crippen molar-refractivity contribution >= 4 is 17.6 Å². The van der Waals surface area contributed by atoms with Crippen LogP contribution in [0.15, 0.2) is 23.3 Å². The van der Waals surface area contributed by atoms with E-state index in [1.54, 1.807) is 0 Å². The number of azide groups is 1. The van der Waals surface area contributed by atoms with Crippen molar-refractivity contribution in [2.24, 2.45) is 11.0 Å². The first kappa shape index (κ1) is 13.7. The highest BCUT2D eigenvalue weighted by Crippen LogP contribution is 2.34. The van der Waals surface area contributed by atoms with Gasteiger partial charge in [0.1, 0.15) is 5.56 Å². The van der Waals surface area contributed by atoms with Gasteiger partial charge in [-0.15, -0.1) is 0 Å². The maximum absolute atomic E-state index is 11.9. The summed E-state index contributed by atoms with van der Waals surface area (Å²) < 4.78 is 0. The number of aromatic carboxylic acids is 1. The van der Waals surface area contributed by atoms with Crippen LogP contribution in [-0.4, -0.2) is 35.2 Å². The number of carbonyl (C=O) groups is 2. The molecular formula is C12H12N4O4. The van der Waals surface area contributed by atoms with E-state index in [-0.39, 0.29) is 42.6 Å². The Hall–Kier alpha value is -2.73. The molecule has 0 spiro atoms. The lowest BCUT2D eigenvalue weighted by Crippen LogP contribution is -2.25. The Morgan fingerprint density at radius 3 is 2.95 bits per heavy atom. The topological polar surface area (TPSA) is 127 Å². The van der Waals surface area contributed by atoms with Crippen LogP contribution >= 0.6 is 0 Å². The van der Waals surface area contributed by atoms with Crippen LogP contribution in [0.1, 0.15) is 16.8 Å². The predicted molar refractivity (Wildman–Crippen MR) is 69.5 cm³/mol. The standard InChI is InChI=1S/C12H12N4O4/c13-15-14-5-7-4-10(17)16(6-7)9-3-1-2-8(11(9)18)12(19)20/h1-3,7,18H,4-6H2,(H,19,20). The Balaban J connectivity index is 2.28. The highest BCUT2D eigenvalue weighted by atomic mass is 16.4. The molecule has 1 fully saturated rings. The van der Waals surface area contributed by atoms with Gasteiger partial charge in [-0.2, -0.15) is 0 Å². The third kappa shape index (κ3) is 2.50. The van der Waals surface area contributed by atoms with Crippen LogP contribution in [0.3, 0.4) is 0 Å². The van der Waals surface area contributed by atoms with Gasteiger partial charge in [-0.25, -0.2) is 4.79 Å². The second-order valence-electron chi connectivity index (χ2n) is 4.47. The summed E-state index contributed by atoms with van der Waals surface area (Å²) in [4.78, 5) is 26.8. The molecule has 1 amide bonds. The molecule has 1 aliphatic rings. The zero-order valence-electron chi connectivity index (χ0n) is 10.4. The summed E-state index contributed by atoms with van der Waals surface area (Å²) in [5.74, 6) is -2.06. The van der Waals surface area contributed by atoms with Crippen molar-refractivity contribution in [2.75, 3.05) is 18.0 Å². The molecule has 2 rings (SSSR count). The smallest absolute Gasteiger partial charge is 0.339 e. The van der Waals surface area contributed by atoms with E-state index in [4.69, 9.17) is 10.6 Å². The number of carboxylic acid groups (broad SMARTS) is 1. The molecule has 1 aliphatic heterocycles. The van der Waals surface area contributed by atoms with Crippen LogP contribution in [0, 0.1) is 5.92 Å². The molecule has 8 nitrogen and oxygen atoms in total. The fraction of sp³-hybridized carbons (Fsp3) is 0.333. The molecule has 0 radical (unpaired) electrons. The van der Waals surface area contributed by atoms with Crippen LogP contribution in [0.4, 0.5) is 5.69 Å². The van der Waals surface area contributed by atoms with E-state index in [0.717, 1.165) is 0 Å². The normalized spacial score (nSPS) is 17.9. The Morgan fingerprint density at radius 2 is 2.30 bits per heavy atom. The number of hydrogen-bond acceptors (Lipinski definition) is 4. The summed E-state index contributed by atoms with van der Waals surface area (Å²) >= 11 is 0. The van der Waals surface area contributed by atoms with E-state index in [1.807, 2.05) is 0 Å². The van der Waals surface area contributed by atoms with Crippen molar-refractivity contribution in [2.45, 2.75) is 6.42 Å². The van der Waals surface area contributed by atoms with Crippen molar-refractivity contribution in [1.82, 2.24) is 0 Å². The summed E-state index contributed by atoms with van der Waals surface area (Å²) in [7, 11) is 0. The number of carboxylic acids is 1. The molecule has 1 aromatic carbocycles. The van der Waals surface area contributed by atoms with Gasteiger partial charge in [-0.1, -0.05) is 11.2 Å². The lowest BCUT2D eigenvalue weighted by atomic mass is 10.1. The van der Waals surface area contributed by atoms with E-state index < -0.39 is 11.7 Å². The van der Waals surface area contributed by atoms with Crippen LogP contribution in [0.2, 0.25) is 0 Å². The molecule has 20 heavy (non-hydrogen) atoms. The molecular weight excluding hydrogens is 264 g/mol. The molecule has 1 unspecified atom stereocenters. The van der Waals surface area contributed by atoms with Crippen molar-refractivity contribution in [3.05, 3.63) is 34.2 Å². The van der Waals surface area contributed by atoms with Gasteiger partial charge in [0, 0.05) is 24.4 Å². The van der Waals surface area contributed by atoms with Gasteiger partial charge < -0.3 is 15.1 Å². The molecule has 1 atom stereocenters. The maximum Gasteiger partial charge on any atom is 0.339 e. The zero-order valence-corrected chi connectivity index (χ0v) is 10.4. The molecule has 0 saturated carbocycles. The van der Waals surface area contributed by atoms with Gasteiger partial charge in [0.15, 0.2) is 5.75 Å². The fourth-order valence-electron chi connectivity index (χ4n) is 2.21. The van der Waals surface area contributed by atoms with Gasteiger partial charge in [0.2, 0.25) is 5.91 Å². The summed E-state index contributed by atoms with van der Waals surface area (Å²) in [6.07, 6.45) is 0.204. The minimum atomic E-state index is -1.26. The molecule has 1 aromatic rings.